The maximum absolute atomic E-state index is 12.7. The summed E-state index contributed by atoms with van der Waals surface area (Å²) < 4.78 is 7.44. The molecule has 1 aromatic carbocycles. The third-order valence-corrected chi connectivity index (χ3v) is 6.34. The van der Waals surface area contributed by atoms with Crippen LogP contribution in [0.5, 0.6) is 5.75 Å². The number of rotatable bonds is 5. The number of hydrogen-bond donors (Lipinski definition) is 1. The Morgan fingerprint density at radius 3 is 2.41 bits per heavy atom. The SMILES string of the molecule is COc1ccccc1NC(=O)C1CCN(c2nnc(-n3c(C)ccc3C)s2)CC1. The molecular weight excluding hydrogens is 386 g/mol. The molecule has 7 nitrogen and oxygen atoms in total. The van der Waals surface area contributed by atoms with Gasteiger partial charge in [-0.3, -0.25) is 9.36 Å². The maximum atomic E-state index is 12.7. The lowest BCUT2D eigenvalue weighted by atomic mass is 9.96. The number of nitrogens with zero attached hydrogens (tertiary/aromatic N) is 4. The minimum atomic E-state index is -0.0162. The van der Waals surface area contributed by atoms with Gasteiger partial charge in [-0.2, -0.15) is 0 Å². The minimum Gasteiger partial charge on any atom is -0.495 e. The van der Waals surface area contributed by atoms with E-state index in [-0.39, 0.29) is 11.8 Å². The summed E-state index contributed by atoms with van der Waals surface area (Å²) in [5, 5.41) is 13.6. The van der Waals surface area contributed by atoms with Crippen LogP contribution >= 0.6 is 11.3 Å². The third kappa shape index (κ3) is 3.98. The van der Waals surface area contributed by atoms with Gasteiger partial charge in [0.25, 0.3) is 0 Å². The normalized spacial score (nSPS) is 14.8. The number of ether oxygens (including phenoxy) is 1. The Morgan fingerprint density at radius 2 is 1.72 bits per heavy atom. The lowest BCUT2D eigenvalue weighted by Crippen LogP contribution is -2.38. The van der Waals surface area contributed by atoms with Crippen molar-refractivity contribution in [2.45, 2.75) is 26.7 Å². The Balaban J connectivity index is 1.38. The zero-order valence-electron chi connectivity index (χ0n) is 16.9. The van der Waals surface area contributed by atoms with Crippen LogP contribution in [0, 0.1) is 19.8 Å². The van der Waals surface area contributed by atoms with E-state index in [0.29, 0.717) is 11.4 Å². The summed E-state index contributed by atoms with van der Waals surface area (Å²) in [4.78, 5) is 14.9. The molecule has 3 heterocycles. The highest BCUT2D eigenvalue weighted by molar-refractivity contribution is 7.17. The molecule has 0 unspecified atom stereocenters. The van der Waals surface area contributed by atoms with E-state index < -0.39 is 0 Å². The summed E-state index contributed by atoms with van der Waals surface area (Å²) >= 11 is 1.59. The number of carbonyl (C=O) groups is 1. The van der Waals surface area contributed by atoms with Crippen molar-refractivity contribution in [1.29, 1.82) is 0 Å². The van der Waals surface area contributed by atoms with E-state index in [0.717, 1.165) is 47.6 Å². The van der Waals surface area contributed by atoms with E-state index in [9.17, 15) is 4.79 Å². The fourth-order valence-electron chi connectivity index (χ4n) is 3.71. The van der Waals surface area contributed by atoms with E-state index in [1.54, 1.807) is 18.4 Å². The molecule has 1 N–H and O–H groups in total. The highest BCUT2D eigenvalue weighted by atomic mass is 32.1. The van der Waals surface area contributed by atoms with Gasteiger partial charge in [0.05, 0.1) is 12.8 Å². The first-order valence-electron chi connectivity index (χ1n) is 9.74. The molecule has 2 aromatic heterocycles. The third-order valence-electron chi connectivity index (χ3n) is 5.37. The van der Waals surface area contributed by atoms with Crippen molar-refractivity contribution in [3.05, 3.63) is 47.8 Å². The van der Waals surface area contributed by atoms with Crippen LogP contribution in [0.4, 0.5) is 10.8 Å². The highest BCUT2D eigenvalue weighted by Gasteiger charge is 2.27. The topological polar surface area (TPSA) is 72.3 Å². The standard InChI is InChI=1S/C21H25N5O2S/c1-14-8-9-15(2)26(14)21-24-23-20(29-21)25-12-10-16(11-13-25)19(27)22-17-6-4-5-7-18(17)28-3/h4-9,16H,10-13H2,1-3H3,(H,22,27). The number of anilines is 2. The van der Waals surface area contributed by atoms with Crippen LogP contribution in [0.15, 0.2) is 36.4 Å². The molecule has 29 heavy (non-hydrogen) atoms. The van der Waals surface area contributed by atoms with E-state index in [4.69, 9.17) is 4.74 Å². The van der Waals surface area contributed by atoms with Gasteiger partial charge in [-0.25, -0.2) is 0 Å². The first kappa shape index (κ1) is 19.4. The lowest BCUT2D eigenvalue weighted by Gasteiger charge is -2.30. The number of hydrogen-bond acceptors (Lipinski definition) is 6. The molecule has 4 rings (SSSR count). The van der Waals surface area contributed by atoms with Crippen LogP contribution in [0.1, 0.15) is 24.2 Å². The van der Waals surface area contributed by atoms with Gasteiger partial charge in [-0.1, -0.05) is 23.5 Å². The predicted molar refractivity (Wildman–Crippen MR) is 115 cm³/mol. The van der Waals surface area contributed by atoms with Crippen molar-refractivity contribution in [1.82, 2.24) is 14.8 Å². The molecule has 1 saturated heterocycles. The molecule has 1 aliphatic rings. The van der Waals surface area contributed by atoms with Crippen molar-refractivity contribution >= 4 is 28.1 Å². The molecule has 1 aliphatic heterocycles. The van der Waals surface area contributed by atoms with Gasteiger partial charge in [-0.15, -0.1) is 10.2 Å². The second-order valence-electron chi connectivity index (χ2n) is 7.27. The first-order chi connectivity index (χ1) is 14.1. The van der Waals surface area contributed by atoms with Gasteiger partial charge in [0.15, 0.2) is 0 Å². The molecule has 0 bridgehead atoms. The second kappa shape index (κ2) is 8.24. The largest absolute Gasteiger partial charge is 0.495 e. The predicted octanol–water partition coefficient (Wildman–Crippen LogP) is 3.81. The van der Waals surface area contributed by atoms with Gasteiger partial charge >= 0.3 is 0 Å². The van der Waals surface area contributed by atoms with Gasteiger partial charge in [0.2, 0.25) is 16.2 Å². The van der Waals surface area contributed by atoms with Crippen molar-refractivity contribution < 1.29 is 9.53 Å². The van der Waals surface area contributed by atoms with Gasteiger partial charge in [-0.05, 0) is 51.0 Å². The van der Waals surface area contributed by atoms with E-state index >= 15 is 0 Å². The number of amides is 1. The summed E-state index contributed by atoms with van der Waals surface area (Å²) in [5.74, 6) is 0.707. The summed E-state index contributed by atoms with van der Waals surface area (Å²) in [7, 11) is 1.61. The number of para-hydroxylation sites is 2. The molecule has 0 saturated carbocycles. The molecule has 1 amide bonds. The molecule has 1 fully saturated rings. The Labute approximate surface area is 174 Å². The molecular formula is C21H25N5O2S. The van der Waals surface area contributed by atoms with E-state index in [1.807, 2.05) is 24.3 Å². The Hall–Kier alpha value is -2.87. The molecule has 0 spiro atoms. The lowest BCUT2D eigenvalue weighted by molar-refractivity contribution is -0.120. The first-order valence-corrected chi connectivity index (χ1v) is 10.6. The van der Waals surface area contributed by atoms with Crippen LogP contribution in [0.3, 0.4) is 0 Å². The zero-order chi connectivity index (χ0) is 20.4. The monoisotopic (exact) mass is 411 g/mol. The van der Waals surface area contributed by atoms with E-state index in [1.165, 1.54) is 0 Å². The van der Waals surface area contributed by atoms with Gasteiger partial charge < -0.3 is 15.0 Å². The van der Waals surface area contributed by atoms with Crippen molar-refractivity contribution in [2.24, 2.45) is 5.92 Å². The number of aromatic nitrogens is 3. The quantitative estimate of drug-likeness (QED) is 0.691. The minimum absolute atomic E-state index is 0.0162. The van der Waals surface area contributed by atoms with Gasteiger partial charge in [0.1, 0.15) is 5.75 Å². The number of aryl methyl sites for hydroxylation is 2. The molecule has 0 atom stereocenters. The van der Waals surface area contributed by atoms with Gasteiger partial charge in [0, 0.05) is 30.4 Å². The summed E-state index contributed by atoms with van der Waals surface area (Å²) in [6, 6.07) is 11.7. The Kier molecular flexibility index (Phi) is 5.53. The van der Waals surface area contributed by atoms with Crippen LogP contribution in [0.2, 0.25) is 0 Å². The maximum Gasteiger partial charge on any atom is 0.227 e. The smallest absolute Gasteiger partial charge is 0.227 e. The molecule has 0 radical (unpaired) electrons. The van der Waals surface area contributed by atoms with Crippen molar-refractivity contribution in [3.63, 3.8) is 0 Å². The molecule has 152 valence electrons. The van der Waals surface area contributed by atoms with Crippen LogP contribution in [-0.4, -0.2) is 40.9 Å². The zero-order valence-corrected chi connectivity index (χ0v) is 17.7. The van der Waals surface area contributed by atoms with Crippen molar-refractivity contribution in [2.75, 3.05) is 30.4 Å². The molecule has 3 aromatic rings. The summed E-state index contributed by atoms with van der Waals surface area (Å²) in [5.41, 5.74) is 3.02. The summed E-state index contributed by atoms with van der Waals surface area (Å²) in [6.07, 6.45) is 1.58. The van der Waals surface area contributed by atoms with E-state index in [2.05, 4.69) is 51.0 Å². The fourth-order valence-corrected chi connectivity index (χ4v) is 4.73. The van der Waals surface area contributed by atoms with Crippen LogP contribution in [0.25, 0.3) is 5.13 Å². The average Bonchev–Trinajstić information content (AvgIpc) is 3.34. The molecule has 0 aliphatic carbocycles. The summed E-state index contributed by atoms with van der Waals surface area (Å²) in [6.45, 7) is 5.73. The average molecular weight is 412 g/mol. The number of benzene rings is 1. The Bertz CT molecular complexity index is 985. The number of carbonyl (C=O) groups excluding carboxylic acids is 1. The molecule has 8 heteroatoms. The number of nitrogens with one attached hydrogen (secondary N) is 1. The second-order valence-corrected chi connectivity index (χ2v) is 8.20. The van der Waals surface area contributed by atoms with Crippen LogP contribution < -0.4 is 15.0 Å². The number of piperidine rings is 1. The number of methoxy groups -OCH3 is 1. The van der Waals surface area contributed by atoms with Crippen LogP contribution in [-0.2, 0) is 4.79 Å². The Morgan fingerprint density at radius 1 is 1.07 bits per heavy atom. The highest BCUT2D eigenvalue weighted by Crippen LogP contribution is 2.30. The fraction of sp³-hybridized carbons (Fsp3) is 0.381. The van der Waals surface area contributed by atoms with Crippen molar-refractivity contribution in [3.8, 4) is 10.9 Å².